The van der Waals surface area contributed by atoms with Crippen LogP contribution in [0.4, 0.5) is 0 Å². The highest BCUT2D eigenvalue weighted by Gasteiger charge is 2.32. The second kappa shape index (κ2) is 8.50. The van der Waals surface area contributed by atoms with Crippen LogP contribution < -0.4 is 4.74 Å². The van der Waals surface area contributed by atoms with Gasteiger partial charge in [-0.1, -0.05) is 48.0 Å². The fourth-order valence-electron chi connectivity index (χ4n) is 3.22. The number of rotatable bonds is 9. The molecule has 25 heavy (non-hydrogen) atoms. The molecule has 2 aromatic carbocycles. The van der Waals surface area contributed by atoms with Crippen LogP contribution in [0.1, 0.15) is 30.9 Å². The first-order valence-electron chi connectivity index (χ1n) is 9.27. The van der Waals surface area contributed by atoms with Crippen LogP contribution in [0.25, 0.3) is 0 Å². The van der Waals surface area contributed by atoms with E-state index < -0.39 is 6.10 Å². The maximum Gasteiger partial charge on any atom is 0.119 e. The number of aliphatic hydroxyl groups is 1. The Bertz CT molecular complexity index is 637. The third kappa shape index (κ3) is 5.58. The summed E-state index contributed by atoms with van der Waals surface area (Å²) in [5.41, 5.74) is 2.50. The summed E-state index contributed by atoms with van der Waals surface area (Å²) in [7, 11) is 0. The van der Waals surface area contributed by atoms with E-state index in [-0.39, 0.29) is 0 Å². The molecular formula is C22H29NO2. The van der Waals surface area contributed by atoms with Gasteiger partial charge in [0, 0.05) is 19.1 Å². The summed E-state index contributed by atoms with van der Waals surface area (Å²) in [5, 5.41) is 10.5. The Balaban J connectivity index is 1.55. The van der Waals surface area contributed by atoms with Crippen LogP contribution in [0.3, 0.4) is 0 Å². The van der Waals surface area contributed by atoms with Crippen molar-refractivity contribution in [2.24, 2.45) is 5.92 Å². The van der Waals surface area contributed by atoms with Gasteiger partial charge in [0.05, 0.1) is 0 Å². The van der Waals surface area contributed by atoms with E-state index in [1.165, 1.54) is 24.0 Å². The van der Waals surface area contributed by atoms with Gasteiger partial charge in [0.2, 0.25) is 0 Å². The molecule has 1 aliphatic carbocycles. The van der Waals surface area contributed by atoms with Crippen LogP contribution in [0.2, 0.25) is 0 Å². The summed E-state index contributed by atoms with van der Waals surface area (Å²) >= 11 is 0. The minimum Gasteiger partial charge on any atom is -0.491 e. The van der Waals surface area contributed by atoms with Crippen LogP contribution in [0.15, 0.2) is 54.6 Å². The van der Waals surface area contributed by atoms with Gasteiger partial charge in [-0.25, -0.2) is 0 Å². The topological polar surface area (TPSA) is 32.7 Å². The predicted molar refractivity (Wildman–Crippen MR) is 102 cm³/mol. The second-order valence-corrected chi connectivity index (χ2v) is 7.27. The lowest BCUT2D eigenvalue weighted by Gasteiger charge is -2.31. The molecule has 0 radical (unpaired) electrons. The van der Waals surface area contributed by atoms with Gasteiger partial charge in [-0.05, 0) is 50.3 Å². The highest BCUT2D eigenvalue weighted by molar-refractivity contribution is 5.26. The number of hydrogen-bond acceptors (Lipinski definition) is 3. The summed E-state index contributed by atoms with van der Waals surface area (Å²) in [6.07, 6.45) is 2.12. The average Bonchev–Trinajstić information content (AvgIpc) is 3.46. The Hall–Kier alpha value is -1.84. The van der Waals surface area contributed by atoms with Crippen molar-refractivity contribution in [3.05, 3.63) is 65.7 Å². The first-order chi connectivity index (χ1) is 12.1. The molecule has 0 aromatic heterocycles. The summed E-state index contributed by atoms with van der Waals surface area (Å²) in [5.74, 6) is 1.59. The molecule has 2 unspecified atom stereocenters. The van der Waals surface area contributed by atoms with E-state index in [0.29, 0.717) is 19.2 Å². The normalized spacial score (nSPS) is 16.6. The number of hydrogen-bond donors (Lipinski definition) is 1. The fraction of sp³-hybridized carbons (Fsp3) is 0.455. The molecule has 1 fully saturated rings. The molecule has 0 aliphatic heterocycles. The number of aliphatic hydroxyl groups excluding tert-OH is 1. The SMILES string of the molecule is Cc1ccc(OCC(O)CN(Cc2ccccc2)C(C)C2CC2)cc1. The highest BCUT2D eigenvalue weighted by atomic mass is 16.5. The van der Waals surface area contributed by atoms with Gasteiger partial charge in [0.15, 0.2) is 0 Å². The smallest absolute Gasteiger partial charge is 0.119 e. The van der Waals surface area contributed by atoms with E-state index in [9.17, 15) is 5.11 Å². The van der Waals surface area contributed by atoms with Crippen molar-refractivity contribution in [1.82, 2.24) is 4.90 Å². The van der Waals surface area contributed by atoms with E-state index >= 15 is 0 Å². The summed E-state index contributed by atoms with van der Waals surface area (Å²) in [4.78, 5) is 2.40. The van der Waals surface area contributed by atoms with E-state index in [2.05, 4.69) is 43.0 Å². The Morgan fingerprint density at radius 3 is 2.40 bits per heavy atom. The molecule has 134 valence electrons. The van der Waals surface area contributed by atoms with Crippen molar-refractivity contribution in [2.75, 3.05) is 13.2 Å². The van der Waals surface area contributed by atoms with Gasteiger partial charge in [-0.2, -0.15) is 0 Å². The lowest BCUT2D eigenvalue weighted by Crippen LogP contribution is -2.41. The third-order valence-electron chi connectivity index (χ3n) is 5.02. The molecule has 0 bridgehead atoms. The van der Waals surface area contributed by atoms with Crippen LogP contribution in [-0.4, -0.2) is 35.3 Å². The standard InChI is InChI=1S/C22H29NO2/c1-17-8-12-22(13-9-17)25-16-21(24)15-23(18(2)20-10-11-20)14-19-6-4-3-5-7-19/h3-9,12-13,18,20-21,24H,10-11,14-16H2,1-2H3. The van der Waals surface area contributed by atoms with Crippen molar-refractivity contribution in [3.63, 3.8) is 0 Å². The average molecular weight is 339 g/mol. The molecule has 0 saturated heterocycles. The zero-order chi connectivity index (χ0) is 17.6. The number of nitrogens with zero attached hydrogens (tertiary/aromatic N) is 1. The first-order valence-corrected chi connectivity index (χ1v) is 9.27. The molecule has 1 N–H and O–H groups in total. The first kappa shape index (κ1) is 18.0. The van der Waals surface area contributed by atoms with E-state index in [0.717, 1.165) is 18.2 Å². The van der Waals surface area contributed by atoms with Gasteiger partial charge in [-0.15, -0.1) is 0 Å². The lowest BCUT2D eigenvalue weighted by atomic mass is 10.1. The predicted octanol–water partition coefficient (Wildman–Crippen LogP) is 4.04. The van der Waals surface area contributed by atoms with Crippen molar-refractivity contribution >= 4 is 0 Å². The number of aryl methyl sites for hydroxylation is 1. The molecule has 3 nitrogen and oxygen atoms in total. The third-order valence-corrected chi connectivity index (χ3v) is 5.02. The molecule has 0 amide bonds. The van der Waals surface area contributed by atoms with E-state index in [1.807, 2.05) is 30.3 Å². The van der Waals surface area contributed by atoms with Gasteiger partial charge in [-0.3, -0.25) is 4.90 Å². The van der Waals surface area contributed by atoms with Crippen LogP contribution >= 0.6 is 0 Å². The maximum absolute atomic E-state index is 10.5. The van der Waals surface area contributed by atoms with Crippen molar-refractivity contribution in [3.8, 4) is 5.75 Å². The molecule has 0 heterocycles. The largest absolute Gasteiger partial charge is 0.491 e. The minimum absolute atomic E-state index is 0.325. The van der Waals surface area contributed by atoms with Crippen LogP contribution in [-0.2, 0) is 6.54 Å². The maximum atomic E-state index is 10.5. The monoisotopic (exact) mass is 339 g/mol. The van der Waals surface area contributed by atoms with Crippen molar-refractivity contribution in [1.29, 1.82) is 0 Å². The Labute approximate surface area is 151 Å². The molecule has 2 atom stereocenters. The minimum atomic E-state index is -0.494. The van der Waals surface area contributed by atoms with Crippen molar-refractivity contribution in [2.45, 2.75) is 45.4 Å². The van der Waals surface area contributed by atoms with Gasteiger partial charge in [0.1, 0.15) is 18.5 Å². The van der Waals surface area contributed by atoms with Gasteiger partial charge in [0.25, 0.3) is 0 Å². The zero-order valence-electron chi connectivity index (χ0n) is 15.3. The van der Waals surface area contributed by atoms with E-state index in [1.54, 1.807) is 0 Å². The zero-order valence-corrected chi connectivity index (χ0v) is 15.3. The quantitative estimate of drug-likeness (QED) is 0.748. The molecule has 1 aliphatic rings. The number of benzene rings is 2. The highest BCUT2D eigenvalue weighted by Crippen LogP contribution is 2.35. The summed E-state index contributed by atoms with van der Waals surface area (Å²) < 4.78 is 5.75. The van der Waals surface area contributed by atoms with Gasteiger partial charge < -0.3 is 9.84 Å². The van der Waals surface area contributed by atoms with Crippen molar-refractivity contribution < 1.29 is 9.84 Å². The van der Waals surface area contributed by atoms with Gasteiger partial charge >= 0.3 is 0 Å². The number of ether oxygens (including phenoxy) is 1. The van der Waals surface area contributed by atoms with E-state index in [4.69, 9.17) is 4.74 Å². The Morgan fingerprint density at radius 2 is 1.76 bits per heavy atom. The lowest BCUT2D eigenvalue weighted by molar-refractivity contribution is 0.0472. The fourth-order valence-corrected chi connectivity index (χ4v) is 3.22. The Kier molecular flexibility index (Phi) is 6.11. The molecule has 1 saturated carbocycles. The molecule has 3 heteroatoms. The second-order valence-electron chi connectivity index (χ2n) is 7.27. The molecule has 3 rings (SSSR count). The molecular weight excluding hydrogens is 310 g/mol. The molecule has 0 spiro atoms. The molecule has 2 aromatic rings. The summed E-state index contributed by atoms with van der Waals surface area (Å²) in [6.45, 7) is 6.18. The van der Waals surface area contributed by atoms with Crippen LogP contribution in [0, 0.1) is 12.8 Å². The summed E-state index contributed by atoms with van der Waals surface area (Å²) in [6, 6.07) is 19.0. The Morgan fingerprint density at radius 1 is 1.08 bits per heavy atom. The van der Waals surface area contributed by atoms with Crippen LogP contribution in [0.5, 0.6) is 5.75 Å².